The Morgan fingerprint density at radius 1 is 1.00 bits per heavy atom. The average molecular weight is 274 g/mol. The molecule has 0 aliphatic rings. The molecular formula is C19H18N2. The van der Waals surface area contributed by atoms with Crippen molar-refractivity contribution in [2.45, 2.75) is 20.3 Å². The number of aromatic nitrogens is 1. The third-order valence-corrected chi connectivity index (χ3v) is 3.54. The normalized spacial score (nSPS) is 12.6. The summed E-state index contributed by atoms with van der Waals surface area (Å²) in [5, 5.41) is 3.56. The predicted octanol–water partition coefficient (Wildman–Crippen LogP) is 5.23. The van der Waals surface area contributed by atoms with Gasteiger partial charge in [-0.15, -0.1) is 0 Å². The van der Waals surface area contributed by atoms with Crippen molar-refractivity contribution in [2.24, 2.45) is 4.99 Å². The van der Waals surface area contributed by atoms with Gasteiger partial charge in [0.2, 0.25) is 0 Å². The van der Waals surface area contributed by atoms with Gasteiger partial charge in [-0.2, -0.15) is 0 Å². The van der Waals surface area contributed by atoms with Gasteiger partial charge in [0, 0.05) is 17.0 Å². The van der Waals surface area contributed by atoms with Gasteiger partial charge in [-0.3, -0.25) is 4.99 Å². The van der Waals surface area contributed by atoms with Gasteiger partial charge in [-0.1, -0.05) is 55.5 Å². The number of hydrogen-bond donors (Lipinski definition) is 0. The Labute approximate surface area is 124 Å². The molecule has 0 spiro atoms. The maximum absolute atomic E-state index is 4.85. The number of allylic oxidation sites excluding steroid dienone is 1. The summed E-state index contributed by atoms with van der Waals surface area (Å²) in [6, 6.07) is 16.7. The van der Waals surface area contributed by atoms with Gasteiger partial charge in [0.25, 0.3) is 0 Å². The first-order chi connectivity index (χ1) is 10.3. The molecule has 1 aromatic heterocycles. The lowest BCUT2D eigenvalue weighted by Crippen LogP contribution is -1.92. The van der Waals surface area contributed by atoms with Crippen LogP contribution >= 0.6 is 0 Å². The van der Waals surface area contributed by atoms with E-state index in [2.05, 4.69) is 54.4 Å². The zero-order valence-corrected chi connectivity index (χ0v) is 12.4. The number of pyridine rings is 1. The summed E-state index contributed by atoms with van der Waals surface area (Å²) >= 11 is 0. The summed E-state index contributed by atoms with van der Waals surface area (Å²) < 4.78 is 0. The lowest BCUT2D eigenvalue weighted by Gasteiger charge is -2.09. The highest BCUT2D eigenvalue weighted by Crippen LogP contribution is 2.30. The van der Waals surface area contributed by atoms with Crippen LogP contribution in [0, 0.1) is 0 Å². The fourth-order valence-corrected chi connectivity index (χ4v) is 2.56. The van der Waals surface area contributed by atoms with Crippen molar-refractivity contribution in [2.75, 3.05) is 0 Å². The fraction of sp³-hybridized carbons (Fsp3) is 0.158. The van der Waals surface area contributed by atoms with Gasteiger partial charge in [0.1, 0.15) is 0 Å². The second-order valence-corrected chi connectivity index (χ2v) is 4.92. The van der Waals surface area contributed by atoms with Crippen LogP contribution in [0.2, 0.25) is 0 Å². The van der Waals surface area contributed by atoms with E-state index in [0.717, 1.165) is 28.7 Å². The van der Waals surface area contributed by atoms with Gasteiger partial charge >= 0.3 is 0 Å². The first-order valence-corrected chi connectivity index (χ1v) is 7.32. The third-order valence-electron chi connectivity index (χ3n) is 3.54. The van der Waals surface area contributed by atoms with Gasteiger partial charge in [-0.25, -0.2) is 4.98 Å². The Morgan fingerprint density at radius 2 is 1.67 bits per heavy atom. The first kappa shape index (κ1) is 13.5. The summed E-state index contributed by atoms with van der Waals surface area (Å²) in [5.41, 5.74) is 2.90. The molecule has 0 radical (unpaired) electrons. The molecule has 0 aliphatic carbocycles. The number of hydrogen-bond acceptors (Lipinski definition) is 2. The fourth-order valence-electron chi connectivity index (χ4n) is 2.56. The molecule has 2 aromatic carbocycles. The first-order valence-electron chi connectivity index (χ1n) is 7.32. The smallest absolute Gasteiger partial charge is 0.0968 e. The largest absolute Gasteiger partial charge is 0.259 e. The minimum atomic E-state index is 0.919. The van der Waals surface area contributed by atoms with Crippen molar-refractivity contribution < 1.29 is 0 Å². The van der Waals surface area contributed by atoms with Crippen LogP contribution in [0.3, 0.4) is 0 Å². The highest BCUT2D eigenvalue weighted by molar-refractivity contribution is 6.09. The van der Waals surface area contributed by atoms with Crippen LogP contribution in [0.5, 0.6) is 0 Å². The molecule has 3 aromatic rings. The van der Waals surface area contributed by atoms with E-state index in [9.17, 15) is 0 Å². The Balaban J connectivity index is 2.37. The van der Waals surface area contributed by atoms with Crippen LogP contribution in [0.25, 0.3) is 27.4 Å². The van der Waals surface area contributed by atoms with Crippen molar-refractivity contribution in [3.63, 3.8) is 0 Å². The summed E-state index contributed by atoms with van der Waals surface area (Å²) in [6.07, 6.45) is 4.87. The number of fused-ring (bicyclic) bond motifs is 3. The summed E-state index contributed by atoms with van der Waals surface area (Å²) in [5.74, 6) is 0. The molecule has 0 N–H and O–H groups in total. The Bertz CT molecular complexity index is 844. The SMILES string of the molecule is C/C=C(\N=CCC)c1nc2ccccc2c2ccccc12. The van der Waals surface area contributed by atoms with Crippen LogP contribution in [0.1, 0.15) is 26.0 Å². The lowest BCUT2D eigenvalue weighted by molar-refractivity contribution is 1.29. The van der Waals surface area contributed by atoms with E-state index < -0.39 is 0 Å². The highest BCUT2D eigenvalue weighted by Gasteiger charge is 2.10. The van der Waals surface area contributed by atoms with Crippen molar-refractivity contribution in [3.8, 4) is 0 Å². The van der Waals surface area contributed by atoms with Crippen molar-refractivity contribution in [3.05, 3.63) is 60.3 Å². The molecule has 0 unspecified atom stereocenters. The molecule has 0 saturated carbocycles. The molecule has 0 atom stereocenters. The highest BCUT2D eigenvalue weighted by atomic mass is 14.8. The molecule has 0 saturated heterocycles. The number of nitrogens with zero attached hydrogens (tertiary/aromatic N) is 2. The zero-order chi connectivity index (χ0) is 14.7. The number of para-hydroxylation sites is 1. The van der Waals surface area contributed by atoms with Gasteiger partial charge in [0.05, 0.1) is 16.9 Å². The van der Waals surface area contributed by atoms with Crippen molar-refractivity contribution >= 4 is 33.6 Å². The second-order valence-electron chi connectivity index (χ2n) is 4.92. The van der Waals surface area contributed by atoms with E-state index >= 15 is 0 Å². The second kappa shape index (κ2) is 5.88. The van der Waals surface area contributed by atoms with E-state index in [1.807, 2.05) is 25.3 Å². The minimum Gasteiger partial charge on any atom is -0.259 e. The molecule has 0 fully saturated rings. The van der Waals surface area contributed by atoms with Gasteiger partial charge < -0.3 is 0 Å². The molecule has 104 valence electrons. The Hall–Kier alpha value is -2.48. The van der Waals surface area contributed by atoms with Crippen molar-refractivity contribution in [1.82, 2.24) is 4.98 Å². The van der Waals surface area contributed by atoms with Crippen LogP contribution < -0.4 is 0 Å². The van der Waals surface area contributed by atoms with E-state index in [1.165, 1.54) is 10.8 Å². The quantitative estimate of drug-likeness (QED) is 0.474. The zero-order valence-electron chi connectivity index (χ0n) is 12.4. The van der Waals surface area contributed by atoms with Crippen LogP contribution in [-0.2, 0) is 0 Å². The molecule has 2 heteroatoms. The third kappa shape index (κ3) is 2.45. The summed E-state index contributed by atoms with van der Waals surface area (Å²) in [6.45, 7) is 4.09. The maximum Gasteiger partial charge on any atom is 0.0968 e. The number of aliphatic imine (C=N–C) groups is 1. The van der Waals surface area contributed by atoms with Crippen LogP contribution in [-0.4, -0.2) is 11.2 Å². The van der Waals surface area contributed by atoms with Crippen LogP contribution in [0.15, 0.2) is 59.6 Å². The Morgan fingerprint density at radius 3 is 2.38 bits per heavy atom. The standard InChI is InChI=1S/C19H18N2/c1-3-13-20-17(4-2)19-16-11-6-5-9-14(16)15-10-7-8-12-18(15)21-19/h4-13H,3H2,1-2H3/b17-4-,20-13?. The molecule has 0 bridgehead atoms. The topological polar surface area (TPSA) is 25.2 Å². The van der Waals surface area contributed by atoms with Gasteiger partial charge in [-0.05, 0) is 24.8 Å². The molecule has 2 nitrogen and oxygen atoms in total. The predicted molar refractivity (Wildman–Crippen MR) is 91.7 cm³/mol. The van der Waals surface area contributed by atoms with E-state index in [1.54, 1.807) is 0 Å². The maximum atomic E-state index is 4.85. The summed E-state index contributed by atoms with van der Waals surface area (Å²) in [4.78, 5) is 9.41. The molecule has 0 amide bonds. The lowest BCUT2D eigenvalue weighted by atomic mass is 10.0. The van der Waals surface area contributed by atoms with E-state index in [0.29, 0.717) is 0 Å². The van der Waals surface area contributed by atoms with Crippen LogP contribution in [0.4, 0.5) is 0 Å². The Kier molecular flexibility index (Phi) is 3.78. The molecule has 0 aliphatic heterocycles. The molecule has 21 heavy (non-hydrogen) atoms. The molecular weight excluding hydrogens is 256 g/mol. The van der Waals surface area contributed by atoms with E-state index in [4.69, 9.17) is 4.98 Å². The van der Waals surface area contributed by atoms with Gasteiger partial charge in [0.15, 0.2) is 0 Å². The summed E-state index contributed by atoms with van der Waals surface area (Å²) in [7, 11) is 0. The number of benzene rings is 2. The minimum absolute atomic E-state index is 0.919. The molecule has 1 heterocycles. The number of rotatable bonds is 3. The monoisotopic (exact) mass is 274 g/mol. The van der Waals surface area contributed by atoms with E-state index in [-0.39, 0.29) is 0 Å². The van der Waals surface area contributed by atoms with Crippen molar-refractivity contribution in [1.29, 1.82) is 0 Å². The molecule has 3 rings (SSSR count). The average Bonchev–Trinajstić information content (AvgIpc) is 2.55.